The van der Waals surface area contributed by atoms with E-state index in [1.807, 2.05) is 59.3 Å². The molecule has 4 aromatic rings. The number of aliphatic hydroxyl groups is 2. The maximum atomic E-state index is 10.7. The monoisotopic (exact) mass is 458 g/mol. The summed E-state index contributed by atoms with van der Waals surface area (Å²) in [5.74, 6) is 0.775. The first-order chi connectivity index (χ1) is 16.7. The van der Waals surface area contributed by atoms with Gasteiger partial charge in [-0.2, -0.15) is 0 Å². The largest absolute Gasteiger partial charge is 0.391 e. The summed E-state index contributed by atoms with van der Waals surface area (Å²) in [6.45, 7) is 2.89. The molecular weight excluding hydrogens is 428 g/mol. The van der Waals surface area contributed by atoms with E-state index in [0.29, 0.717) is 13.1 Å². The number of anilines is 1. The molecule has 2 aromatic heterocycles. The molecule has 3 N–H and O–H groups in total. The van der Waals surface area contributed by atoms with Gasteiger partial charge in [-0.05, 0) is 43.5 Å². The molecule has 0 aliphatic carbocycles. The minimum atomic E-state index is -0.789. The second-order valence-electron chi connectivity index (χ2n) is 8.76. The summed E-state index contributed by atoms with van der Waals surface area (Å²) in [5, 5.41) is 24.1. The summed E-state index contributed by atoms with van der Waals surface area (Å²) >= 11 is 0. The van der Waals surface area contributed by atoms with Crippen molar-refractivity contribution < 1.29 is 10.2 Å². The molecule has 1 aliphatic rings. The van der Waals surface area contributed by atoms with Gasteiger partial charge in [0.05, 0.1) is 23.5 Å². The molecule has 2 atom stereocenters. The Bertz CT molecular complexity index is 1210. The Labute approximate surface area is 198 Å². The van der Waals surface area contributed by atoms with Crippen LogP contribution in [-0.4, -0.2) is 55.5 Å². The van der Waals surface area contributed by atoms with Crippen LogP contribution < -0.4 is 10.2 Å². The molecule has 176 valence electrons. The molecule has 2 aromatic carbocycles. The molecule has 3 heterocycles. The molecule has 0 amide bonds. The van der Waals surface area contributed by atoms with Crippen molar-refractivity contribution in [3.8, 4) is 11.3 Å². The second kappa shape index (κ2) is 10.3. The average molecular weight is 459 g/mol. The zero-order chi connectivity index (χ0) is 23.3. The first kappa shape index (κ1) is 22.5. The summed E-state index contributed by atoms with van der Waals surface area (Å²) < 4.78 is 2.02. The van der Waals surface area contributed by atoms with Crippen LogP contribution in [0.25, 0.3) is 22.3 Å². The number of nitrogens with zero attached hydrogens (tertiary/aromatic N) is 5. The van der Waals surface area contributed by atoms with Gasteiger partial charge in [0, 0.05) is 37.6 Å². The Balaban J connectivity index is 1.40. The van der Waals surface area contributed by atoms with Crippen molar-refractivity contribution in [1.29, 1.82) is 0 Å². The summed E-state index contributed by atoms with van der Waals surface area (Å²) in [7, 11) is 0. The second-order valence-corrected chi connectivity index (χ2v) is 8.76. The number of piperidine rings is 1. The minimum absolute atomic E-state index is 0.366. The van der Waals surface area contributed by atoms with Crippen LogP contribution in [-0.2, 0) is 6.54 Å². The number of nitrogens with one attached hydrogen (secondary N) is 1. The first-order valence-electron chi connectivity index (χ1n) is 11.8. The SMILES string of the molecule is OC1CCCN(c2nc3cc(C(O)NCCCn4ccnc4)ccc3nc2-c2ccccc2)C1. The fourth-order valence-electron chi connectivity index (χ4n) is 4.43. The Kier molecular flexibility index (Phi) is 6.80. The molecule has 2 unspecified atom stereocenters. The molecule has 1 saturated heterocycles. The molecule has 0 bridgehead atoms. The van der Waals surface area contributed by atoms with E-state index in [2.05, 4.69) is 15.2 Å². The standard InChI is InChI=1S/C26H30N6O2/c33-21-8-4-14-32(17-21)25-24(19-6-2-1-3-7-19)29-22-10-9-20(16-23(22)30-25)26(34)28-11-5-13-31-15-12-27-18-31/h1-3,6-7,9-10,12,15-16,18,21,26,28,33-34H,4-5,8,11,13-14,17H2. The highest BCUT2D eigenvalue weighted by Gasteiger charge is 2.23. The predicted molar refractivity (Wildman–Crippen MR) is 132 cm³/mol. The smallest absolute Gasteiger partial charge is 0.156 e. The van der Waals surface area contributed by atoms with E-state index >= 15 is 0 Å². The summed E-state index contributed by atoms with van der Waals surface area (Å²) in [4.78, 5) is 16.1. The topological polar surface area (TPSA) is 99.3 Å². The molecule has 1 fully saturated rings. The normalized spacial score (nSPS) is 17.2. The lowest BCUT2D eigenvalue weighted by Crippen LogP contribution is -2.39. The average Bonchev–Trinajstić information content (AvgIpc) is 3.39. The zero-order valence-electron chi connectivity index (χ0n) is 19.1. The molecule has 8 nitrogen and oxygen atoms in total. The fourth-order valence-corrected chi connectivity index (χ4v) is 4.43. The van der Waals surface area contributed by atoms with Crippen molar-refractivity contribution in [3.63, 3.8) is 0 Å². The van der Waals surface area contributed by atoms with Crippen LogP contribution in [0, 0.1) is 0 Å². The van der Waals surface area contributed by atoms with Crippen LogP contribution in [0.1, 0.15) is 31.1 Å². The van der Waals surface area contributed by atoms with Gasteiger partial charge in [0.15, 0.2) is 5.82 Å². The summed E-state index contributed by atoms with van der Waals surface area (Å²) in [5.41, 5.74) is 4.06. The summed E-state index contributed by atoms with van der Waals surface area (Å²) in [6, 6.07) is 15.7. The number of rotatable bonds is 8. The third-order valence-electron chi connectivity index (χ3n) is 6.22. The molecule has 5 rings (SSSR count). The molecule has 0 spiro atoms. The number of hydrogen-bond donors (Lipinski definition) is 3. The highest BCUT2D eigenvalue weighted by molar-refractivity contribution is 5.84. The van der Waals surface area contributed by atoms with Crippen molar-refractivity contribution in [1.82, 2.24) is 24.8 Å². The fraction of sp³-hybridized carbons (Fsp3) is 0.346. The van der Waals surface area contributed by atoms with Crippen LogP contribution in [0.4, 0.5) is 5.82 Å². The number of benzene rings is 2. The number of imidazole rings is 1. The maximum absolute atomic E-state index is 10.7. The first-order valence-corrected chi connectivity index (χ1v) is 11.8. The van der Waals surface area contributed by atoms with Gasteiger partial charge in [0.2, 0.25) is 0 Å². The number of aromatic nitrogens is 4. The quantitative estimate of drug-likeness (QED) is 0.276. The van der Waals surface area contributed by atoms with Crippen molar-refractivity contribution >= 4 is 16.9 Å². The molecule has 8 heteroatoms. The molecule has 34 heavy (non-hydrogen) atoms. The van der Waals surface area contributed by atoms with Gasteiger partial charge < -0.3 is 19.7 Å². The predicted octanol–water partition coefficient (Wildman–Crippen LogP) is 3.13. The van der Waals surface area contributed by atoms with E-state index < -0.39 is 6.23 Å². The van der Waals surface area contributed by atoms with E-state index in [1.54, 1.807) is 12.5 Å². The highest BCUT2D eigenvalue weighted by atomic mass is 16.3. The van der Waals surface area contributed by atoms with Crippen molar-refractivity contribution in [2.75, 3.05) is 24.5 Å². The van der Waals surface area contributed by atoms with Crippen molar-refractivity contribution in [2.24, 2.45) is 0 Å². The van der Waals surface area contributed by atoms with Gasteiger partial charge in [0.25, 0.3) is 0 Å². The minimum Gasteiger partial charge on any atom is -0.391 e. The van der Waals surface area contributed by atoms with Crippen molar-refractivity contribution in [2.45, 2.75) is 38.1 Å². The number of aliphatic hydroxyl groups excluding tert-OH is 2. The van der Waals surface area contributed by atoms with Gasteiger partial charge in [0.1, 0.15) is 11.9 Å². The van der Waals surface area contributed by atoms with E-state index in [0.717, 1.165) is 66.0 Å². The van der Waals surface area contributed by atoms with Crippen LogP contribution in [0.5, 0.6) is 0 Å². The van der Waals surface area contributed by atoms with Crippen LogP contribution >= 0.6 is 0 Å². The van der Waals surface area contributed by atoms with Crippen LogP contribution in [0.15, 0.2) is 67.3 Å². The lowest BCUT2D eigenvalue weighted by atomic mass is 10.1. The molecular formula is C26H30N6O2. The molecule has 0 radical (unpaired) electrons. The van der Waals surface area contributed by atoms with Gasteiger partial charge in [-0.25, -0.2) is 15.0 Å². The van der Waals surface area contributed by atoms with Gasteiger partial charge in [-0.1, -0.05) is 36.4 Å². The zero-order valence-corrected chi connectivity index (χ0v) is 19.1. The van der Waals surface area contributed by atoms with Gasteiger partial charge >= 0.3 is 0 Å². The maximum Gasteiger partial charge on any atom is 0.156 e. The Morgan fingerprint density at radius 1 is 1.09 bits per heavy atom. The third-order valence-corrected chi connectivity index (χ3v) is 6.22. The summed E-state index contributed by atoms with van der Waals surface area (Å²) in [6.07, 6.45) is 6.93. The van der Waals surface area contributed by atoms with Crippen LogP contribution in [0.3, 0.4) is 0 Å². The Morgan fingerprint density at radius 2 is 1.97 bits per heavy atom. The van der Waals surface area contributed by atoms with Crippen molar-refractivity contribution in [3.05, 3.63) is 72.8 Å². The van der Waals surface area contributed by atoms with E-state index in [-0.39, 0.29) is 6.10 Å². The van der Waals surface area contributed by atoms with E-state index in [9.17, 15) is 10.2 Å². The van der Waals surface area contributed by atoms with E-state index in [1.165, 1.54) is 0 Å². The third kappa shape index (κ3) is 5.09. The lowest BCUT2D eigenvalue weighted by molar-refractivity contribution is 0.138. The van der Waals surface area contributed by atoms with Gasteiger partial charge in [-0.3, -0.25) is 5.32 Å². The van der Waals surface area contributed by atoms with E-state index in [4.69, 9.17) is 9.97 Å². The number of hydrogen-bond acceptors (Lipinski definition) is 7. The number of β-amino-alcohol motifs (C(OH)–C–C–N with tert-alkyl or cyclic N) is 1. The van der Waals surface area contributed by atoms with Crippen LogP contribution in [0.2, 0.25) is 0 Å². The lowest BCUT2D eigenvalue weighted by Gasteiger charge is -2.32. The molecule has 0 saturated carbocycles. The molecule has 1 aliphatic heterocycles. The highest BCUT2D eigenvalue weighted by Crippen LogP contribution is 2.32. The van der Waals surface area contributed by atoms with Gasteiger partial charge in [-0.15, -0.1) is 0 Å². The Morgan fingerprint density at radius 3 is 2.76 bits per heavy atom. The Hall–Kier alpha value is -3.33. The number of fused-ring (bicyclic) bond motifs is 1. The number of aryl methyl sites for hydroxylation is 1.